The fourth-order valence-electron chi connectivity index (χ4n) is 3.97. The molecule has 0 N–H and O–H groups in total. The van der Waals surface area contributed by atoms with Gasteiger partial charge in [-0.2, -0.15) is 4.98 Å². The summed E-state index contributed by atoms with van der Waals surface area (Å²) in [5.41, 5.74) is 3.31. The van der Waals surface area contributed by atoms with Crippen LogP contribution in [-0.4, -0.2) is 62.0 Å². The van der Waals surface area contributed by atoms with E-state index in [2.05, 4.69) is 25.0 Å². The maximum atomic E-state index is 14.2. The number of carbonyl (C=O) groups excluding carboxylic acids is 1. The number of fused-ring (bicyclic) bond motifs is 1. The monoisotopic (exact) mass is 480 g/mol. The summed E-state index contributed by atoms with van der Waals surface area (Å²) in [5, 5.41) is 4.69. The molecule has 34 heavy (non-hydrogen) atoms. The summed E-state index contributed by atoms with van der Waals surface area (Å²) in [4.78, 5) is 30.5. The van der Waals surface area contributed by atoms with Crippen molar-refractivity contribution in [3.05, 3.63) is 70.1 Å². The van der Waals surface area contributed by atoms with Gasteiger partial charge in [-0.15, -0.1) is 0 Å². The molecule has 0 radical (unpaired) electrons. The first-order valence-corrected chi connectivity index (χ1v) is 11.3. The summed E-state index contributed by atoms with van der Waals surface area (Å²) in [7, 11) is 0. The van der Waals surface area contributed by atoms with E-state index < -0.39 is 5.82 Å². The molecule has 1 aliphatic heterocycles. The molecule has 2 aromatic heterocycles. The Morgan fingerprint density at radius 1 is 1.03 bits per heavy atom. The van der Waals surface area contributed by atoms with Crippen LogP contribution in [0.1, 0.15) is 27.6 Å². The average Bonchev–Trinajstić information content (AvgIpc) is 3.28. The molecule has 1 amide bonds. The minimum atomic E-state index is -0.500. The standard InChI is InChI=1S/C24H22ClFN6O2/c1-14-15(2)28-22-19(11-18(26)12-20(22)27-14)24(33)32-9-7-31(8-10-32)13-21-29-23(30-34-21)16-3-5-17(25)6-4-16/h3-6,11-12H,7-10,13H2,1-2H3. The Labute approximate surface area is 200 Å². The van der Waals surface area contributed by atoms with Crippen molar-refractivity contribution in [3.8, 4) is 11.4 Å². The SMILES string of the molecule is Cc1nc2cc(F)cc(C(=O)N3CCN(Cc4nc(-c5ccc(Cl)cc5)no4)CC3)c2nc1C. The lowest BCUT2D eigenvalue weighted by Gasteiger charge is -2.34. The predicted octanol–water partition coefficient (Wildman–Crippen LogP) is 4.05. The second-order valence-corrected chi connectivity index (χ2v) is 8.74. The predicted molar refractivity (Wildman–Crippen MR) is 125 cm³/mol. The average molecular weight is 481 g/mol. The van der Waals surface area contributed by atoms with Crippen molar-refractivity contribution >= 4 is 28.5 Å². The van der Waals surface area contributed by atoms with Gasteiger partial charge in [-0.1, -0.05) is 16.8 Å². The van der Waals surface area contributed by atoms with Crippen LogP contribution in [0.2, 0.25) is 5.02 Å². The van der Waals surface area contributed by atoms with Gasteiger partial charge >= 0.3 is 0 Å². The minimum Gasteiger partial charge on any atom is -0.338 e. The number of rotatable bonds is 4. The van der Waals surface area contributed by atoms with E-state index in [4.69, 9.17) is 16.1 Å². The number of halogens is 2. The van der Waals surface area contributed by atoms with Crippen molar-refractivity contribution in [2.24, 2.45) is 0 Å². The number of benzene rings is 2. The highest BCUT2D eigenvalue weighted by Crippen LogP contribution is 2.22. The van der Waals surface area contributed by atoms with Crippen LogP contribution in [-0.2, 0) is 6.54 Å². The summed E-state index contributed by atoms with van der Waals surface area (Å²) < 4.78 is 19.6. The Morgan fingerprint density at radius 3 is 2.47 bits per heavy atom. The van der Waals surface area contributed by atoms with Crippen LogP contribution in [0.5, 0.6) is 0 Å². The van der Waals surface area contributed by atoms with Crippen LogP contribution < -0.4 is 0 Å². The van der Waals surface area contributed by atoms with Crippen molar-refractivity contribution in [2.75, 3.05) is 26.2 Å². The molecule has 0 atom stereocenters. The smallest absolute Gasteiger partial charge is 0.256 e. The molecule has 0 bridgehead atoms. The first-order chi connectivity index (χ1) is 16.4. The molecule has 10 heteroatoms. The van der Waals surface area contributed by atoms with Crippen molar-refractivity contribution < 1.29 is 13.7 Å². The molecule has 4 aromatic rings. The maximum Gasteiger partial charge on any atom is 0.256 e. The van der Waals surface area contributed by atoms with E-state index in [1.807, 2.05) is 26.0 Å². The zero-order chi connectivity index (χ0) is 23.8. The van der Waals surface area contributed by atoms with E-state index in [1.54, 1.807) is 17.0 Å². The van der Waals surface area contributed by atoms with Gasteiger partial charge in [0.25, 0.3) is 5.91 Å². The zero-order valence-corrected chi connectivity index (χ0v) is 19.5. The van der Waals surface area contributed by atoms with Crippen molar-refractivity contribution in [1.82, 2.24) is 29.9 Å². The topological polar surface area (TPSA) is 88.3 Å². The number of hydrogen-bond acceptors (Lipinski definition) is 7. The fraction of sp³-hybridized carbons (Fsp3) is 0.292. The quantitative estimate of drug-likeness (QED) is 0.435. The molecule has 174 valence electrons. The third kappa shape index (κ3) is 4.49. The summed E-state index contributed by atoms with van der Waals surface area (Å²) in [5.74, 6) is 0.261. The normalized spacial score (nSPS) is 14.6. The first-order valence-electron chi connectivity index (χ1n) is 10.9. The zero-order valence-electron chi connectivity index (χ0n) is 18.8. The number of hydrogen-bond donors (Lipinski definition) is 0. The molecule has 0 saturated carbocycles. The Balaban J connectivity index is 1.26. The third-order valence-electron chi connectivity index (χ3n) is 5.97. The van der Waals surface area contributed by atoms with E-state index in [-0.39, 0.29) is 11.5 Å². The summed E-state index contributed by atoms with van der Waals surface area (Å²) in [6, 6.07) is 9.79. The first kappa shape index (κ1) is 22.4. The van der Waals surface area contributed by atoms with Gasteiger partial charge in [0.15, 0.2) is 0 Å². The second-order valence-electron chi connectivity index (χ2n) is 8.30. The van der Waals surface area contributed by atoms with E-state index in [0.717, 1.165) is 11.3 Å². The lowest BCUT2D eigenvalue weighted by atomic mass is 10.1. The number of nitrogens with zero attached hydrogens (tertiary/aromatic N) is 6. The van der Waals surface area contributed by atoms with Crippen molar-refractivity contribution in [3.63, 3.8) is 0 Å². The van der Waals surface area contributed by atoms with Gasteiger partial charge in [-0.25, -0.2) is 14.4 Å². The molecule has 8 nitrogen and oxygen atoms in total. The van der Waals surface area contributed by atoms with Crippen LogP contribution in [0.3, 0.4) is 0 Å². The number of carbonyl (C=O) groups is 1. The Hall–Kier alpha value is -3.43. The summed E-state index contributed by atoms with van der Waals surface area (Å²) in [6.45, 7) is 6.36. The highest BCUT2D eigenvalue weighted by molar-refractivity contribution is 6.30. The summed E-state index contributed by atoms with van der Waals surface area (Å²) in [6.07, 6.45) is 0. The van der Waals surface area contributed by atoms with Gasteiger partial charge in [0.05, 0.1) is 29.0 Å². The van der Waals surface area contributed by atoms with Crippen LogP contribution in [0.15, 0.2) is 40.9 Å². The number of amides is 1. The molecule has 0 unspecified atom stereocenters. The minimum absolute atomic E-state index is 0.239. The number of aromatic nitrogens is 4. The number of piperazine rings is 1. The molecule has 0 aliphatic carbocycles. The van der Waals surface area contributed by atoms with Crippen LogP contribution >= 0.6 is 11.6 Å². The van der Waals surface area contributed by atoms with Gasteiger partial charge in [0.1, 0.15) is 11.3 Å². The van der Waals surface area contributed by atoms with Crippen molar-refractivity contribution in [1.29, 1.82) is 0 Å². The molecular weight excluding hydrogens is 459 g/mol. The van der Waals surface area contributed by atoms with Gasteiger partial charge in [0.2, 0.25) is 11.7 Å². The molecular formula is C24H22ClFN6O2. The summed E-state index contributed by atoms with van der Waals surface area (Å²) >= 11 is 5.93. The lowest BCUT2D eigenvalue weighted by molar-refractivity contribution is 0.0616. The van der Waals surface area contributed by atoms with Crippen LogP contribution in [0, 0.1) is 19.7 Å². The Bertz CT molecular complexity index is 1370. The van der Waals surface area contributed by atoms with Crippen LogP contribution in [0.25, 0.3) is 22.4 Å². The van der Waals surface area contributed by atoms with Crippen molar-refractivity contribution in [2.45, 2.75) is 20.4 Å². The van der Waals surface area contributed by atoms with Gasteiger partial charge in [0, 0.05) is 42.8 Å². The maximum absolute atomic E-state index is 14.2. The van der Waals surface area contributed by atoms with Gasteiger partial charge in [-0.3, -0.25) is 9.69 Å². The largest absolute Gasteiger partial charge is 0.338 e. The van der Waals surface area contributed by atoms with E-state index in [0.29, 0.717) is 66.2 Å². The van der Waals surface area contributed by atoms with E-state index in [1.165, 1.54) is 12.1 Å². The molecule has 1 aliphatic rings. The van der Waals surface area contributed by atoms with Gasteiger partial charge in [-0.05, 0) is 44.2 Å². The number of aryl methyl sites for hydroxylation is 2. The molecule has 1 fully saturated rings. The molecule has 2 aromatic carbocycles. The fourth-order valence-corrected chi connectivity index (χ4v) is 4.09. The lowest BCUT2D eigenvalue weighted by Crippen LogP contribution is -2.48. The highest BCUT2D eigenvalue weighted by Gasteiger charge is 2.26. The second kappa shape index (κ2) is 9.08. The Morgan fingerprint density at radius 2 is 1.74 bits per heavy atom. The van der Waals surface area contributed by atoms with Gasteiger partial charge < -0.3 is 9.42 Å². The van der Waals surface area contributed by atoms with Crippen LogP contribution in [0.4, 0.5) is 4.39 Å². The van der Waals surface area contributed by atoms with E-state index in [9.17, 15) is 9.18 Å². The molecule has 3 heterocycles. The highest BCUT2D eigenvalue weighted by atomic mass is 35.5. The third-order valence-corrected chi connectivity index (χ3v) is 6.22. The van der Waals surface area contributed by atoms with E-state index >= 15 is 0 Å². The molecule has 0 spiro atoms. The Kier molecular flexibility index (Phi) is 5.97. The molecule has 1 saturated heterocycles. The molecule has 5 rings (SSSR count).